The zero-order chi connectivity index (χ0) is 18.1. The van der Waals surface area contributed by atoms with Gasteiger partial charge >= 0.3 is 5.97 Å². The predicted octanol–water partition coefficient (Wildman–Crippen LogP) is 3.83. The first kappa shape index (κ1) is 17.3. The molecule has 0 aromatic heterocycles. The van der Waals surface area contributed by atoms with Crippen LogP contribution in [0.3, 0.4) is 0 Å². The summed E-state index contributed by atoms with van der Waals surface area (Å²) >= 11 is 5.88. The lowest BCUT2D eigenvalue weighted by Crippen LogP contribution is -2.29. The van der Waals surface area contributed by atoms with Crippen LogP contribution in [0.4, 0.5) is 0 Å². The Balaban J connectivity index is 2.00. The Morgan fingerprint density at radius 1 is 1.24 bits per heavy atom. The molecule has 0 spiro atoms. The highest BCUT2D eigenvalue weighted by molar-refractivity contribution is 6.30. The normalized spacial score (nSPS) is 21.9. The number of hydrogen-bond donors (Lipinski definition) is 1. The first-order valence-corrected chi connectivity index (χ1v) is 8.27. The minimum atomic E-state index is -0.924. The van der Waals surface area contributed by atoms with E-state index in [2.05, 4.69) is 0 Å². The lowest BCUT2D eigenvalue weighted by Gasteiger charge is -2.30. The first-order valence-electron chi connectivity index (χ1n) is 7.89. The molecule has 130 valence electrons. The van der Waals surface area contributed by atoms with Gasteiger partial charge in [0.1, 0.15) is 0 Å². The monoisotopic (exact) mass is 359 g/mol. The molecule has 1 heterocycles. The zero-order valence-electron chi connectivity index (χ0n) is 13.9. The van der Waals surface area contributed by atoms with Crippen LogP contribution in [0.15, 0.2) is 59.6 Å². The van der Waals surface area contributed by atoms with E-state index in [0.717, 1.165) is 11.5 Å². The summed E-state index contributed by atoms with van der Waals surface area (Å²) in [5.41, 5.74) is 1.95. The number of carbonyl (C=O) groups is 2. The standard InChI is InChI=1S/C19H18ClNO4/c1-11-16(25-2)8-7-15-18(11)13(9-17(22)23)10-21(15)19(24)12-3-5-14(20)6-4-12/h3-8,10-11,18H,9H2,1-2H3,(H,22,23). The van der Waals surface area contributed by atoms with Crippen molar-refractivity contribution < 1.29 is 19.4 Å². The van der Waals surface area contributed by atoms with Crippen molar-refractivity contribution in [2.75, 3.05) is 7.11 Å². The van der Waals surface area contributed by atoms with Crippen LogP contribution in [0.5, 0.6) is 0 Å². The van der Waals surface area contributed by atoms with Crippen LogP contribution in [-0.2, 0) is 9.53 Å². The number of rotatable bonds is 4. The third-order valence-electron chi connectivity index (χ3n) is 4.56. The SMILES string of the molecule is COC1=CC=C2C(C(CC(=O)O)=CN2C(=O)c2ccc(Cl)cc2)C1C. The lowest BCUT2D eigenvalue weighted by atomic mass is 9.81. The van der Waals surface area contributed by atoms with Gasteiger partial charge in [-0.3, -0.25) is 14.5 Å². The van der Waals surface area contributed by atoms with Crippen molar-refractivity contribution in [2.24, 2.45) is 11.8 Å². The summed E-state index contributed by atoms with van der Waals surface area (Å²) in [6.45, 7) is 1.97. The summed E-state index contributed by atoms with van der Waals surface area (Å²) in [6, 6.07) is 6.63. The van der Waals surface area contributed by atoms with Gasteiger partial charge < -0.3 is 9.84 Å². The average molecular weight is 360 g/mol. The second-order valence-electron chi connectivity index (χ2n) is 6.09. The van der Waals surface area contributed by atoms with Gasteiger partial charge in [0.15, 0.2) is 0 Å². The molecule has 6 heteroatoms. The number of hydrogen-bond acceptors (Lipinski definition) is 3. The van der Waals surface area contributed by atoms with E-state index in [1.54, 1.807) is 37.6 Å². The van der Waals surface area contributed by atoms with Crippen molar-refractivity contribution in [3.63, 3.8) is 0 Å². The van der Waals surface area contributed by atoms with Crippen molar-refractivity contribution in [3.05, 3.63) is 70.2 Å². The quantitative estimate of drug-likeness (QED) is 0.887. The molecule has 1 N–H and O–H groups in total. The van der Waals surface area contributed by atoms with E-state index in [9.17, 15) is 14.7 Å². The first-order chi connectivity index (χ1) is 11.9. The summed E-state index contributed by atoms with van der Waals surface area (Å²) in [4.78, 5) is 25.7. The number of ether oxygens (including phenoxy) is 1. The molecule has 0 saturated carbocycles. The Morgan fingerprint density at radius 3 is 2.52 bits per heavy atom. The predicted molar refractivity (Wildman–Crippen MR) is 93.8 cm³/mol. The zero-order valence-corrected chi connectivity index (χ0v) is 14.7. The van der Waals surface area contributed by atoms with Crippen LogP contribution >= 0.6 is 11.6 Å². The maximum Gasteiger partial charge on any atom is 0.307 e. The Labute approximate surface area is 150 Å². The number of allylic oxidation sites excluding steroid dienone is 4. The van der Waals surface area contributed by atoms with E-state index in [0.29, 0.717) is 16.2 Å². The number of halogens is 1. The molecular weight excluding hydrogens is 342 g/mol. The van der Waals surface area contributed by atoms with E-state index < -0.39 is 5.97 Å². The molecule has 1 aromatic carbocycles. The Kier molecular flexibility index (Phi) is 4.68. The molecule has 1 aromatic rings. The summed E-state index contributed by atoms with van der Waals surface area (Å²) < 4.78 is 5.38. The Hall–Kier alpha value is -2.53. The molecule has 0 radical (unpaired) electrons. The van der Waals surface area contributed by atoms with Gasteiger partial charge in [0.25, 0.3) is 5.91 Å². The molecule has 2 atom stereocenters. The molecule has 2 aliphatic rings. The lowest BCUT2D eigenvalue weighted by molar-refractivity contribution is -0.136. The molecule has 0 fully saturated rings. The van der Waals surface area contributed by atoms with Crippen molar-refractivity contribution in [1.82, 2.24) is 4.90 Å². The van der Waals surface area contributed by atoms with Crippen LogP contribution in [0.2, 0.25) is 5.02 Å². The minimum Gasteiger partial charge on any atom is -0.501 e. The largest absolute Gasteiger partial charge is 0.501 e. The number of nitrogens with zero attached hydrogens (tertiary/aromatic N) is 1. The fraction of sp³-hybridized carbons (Fsp3) is 0.263. The van der Waals surface area contributed by atoms with Gasteiger partial charge in [-0.15, -0.1) is 0 Å². The molecule has 1 aliphatic heterocycles. The summed E-state index contributed by atoms with van der Waals surface area (Å²) in [6.07, 6.45) is 5.18. The molecule has 0 bridgehead atoms. The van der Waals surface area contributed by atoms with Crippen LogP contribution in [0.25, 0.3) is 0 Å². The number of aliphatic carboxylic acids is 1. The van der Waals surface area contributed by atoms with Gasteiger partial charge in [-0.2, -0.15) is 0 Å². The molecule has 5 nitrogen and oxygen atoms in total. The minimum absolute atomic E-state index is 0.0429. The highest BCUT2D eigenvalue weighted by Crippen LogP contribution is 2.44. The second-order valence-corrected chi connectivity index (χ2v) is 6.52. The topological polar surface area (TPSA) is 66.8 Å². The molecular formula is C19H18ClNO4. The number of benzene rings is 1. The van der Waals surface area contributed by atoms with E-state index in [1.807, 2.05) is 19.1 Å². The number of methoxy groups -OCH3 is 1. The van der Waals surface area contributed by atoms with E-state index in [4.69, 9.17) is 16.3 Å². The van der Waals surface area contributed by atoms with Crippen molar-refractivity contribution >= 4 is 23.5 Å². The van der Waals surface area contributed by atoms with Crippen LogP contribution < -0.4 is 0 Å². The molecule has 2 unspecified atom stereocenters. The number of fused-ring (bicyclic) bond motifs is 1. The molecule has 1 amide bonds. The van der Waals surface area contributed by atoms with Crippen molar-refractivity contribution in [1.29, 1.82) is 0 Å². The van der Waals surface area contributed by atoms with Crippen LogP contribution in [0, 0.1) is 11.8 Å². The van der Waals surface area contributed by atoms with Gasteiger partial charge in [0, 0.05) is 34.3 Å². The Bertz CT molecular complexity index is 807. The number of amides is 1. The van der Waals surface area contributed by atoms with Gasteiger partial charge in [-0.05, 0) is 42.0 Å². The average Bonchev–Trinajstić information content (AvgIpc) is 2.94. The fourth-order valence-electron chi connectivity index (χ4n) is 3.40. The number of carboxylic acid groups (broad SMARTS) is 1. The second kappa shape index (κ2) is 6.76. The van der Waals surface area contributed by atoms with E-state index in [-0.39, 0.29) is 24.2 Å². The molecule has 3 rings (SSSR count). The molecule has 0 saturated heterocycles. The maximum absolute atomic E-state index is 12.9. The van der Waals surface area contributed by atoms with Crippen molar-refractivity contribution in [2.45, 2.75) is 13.3 Å². The number of carbonyl (C=O) groups excluding carboxylic acids is 1. The van der Waals surface area contributed by atoms with Gasteiger partial charge in [0.2, 0.25) is 0 Å². The number of carboxylic acids is 1. The highest BCUT2D eigenvalue weighted by Gasteiger charge is 2.40. The molecule has 1 aliphatic carbocycles. The third-order valence-corrected chi connectivity index (χ3v) is 4.81. The smallest absolute Gasteiger partial charge is 0.307 e. The Morgan fingerprint density at radius 2 is 1.92 bits per heavy atom. The molecule has 25 heavy (non-hydrogen) atoms. The summed E-state index contributed by atoms with van der Waals surface area (Å²) in [5, 5.41) is 9.77. The van der Waals surface area contributed by atoms with E-state index >= 15 is 0 Å². The van der Waals surface area contributed by atoms with Gasteiger partial charge in [-0.1, -0.05) is 18.5 Å². The highest BCUT2D eigenvalue weighted by atomic mass is 35.5. The van der Waals surface area contributed by atoms with Crippen LogP contribution in [-0.4, -0.2) is 29.0 Å². The fourth-order valence-corrected chi connectivity index (χ4v) is 3.52. The van der Waals surface area contributed by atoms with Gasteiger partial charge in [-0.25, -0.2) is 0 Å². The maximum atomic E-state index is 12.9. The van der Waals surface area contributed by atoms with Gasteiger partial charge in [0.05, 0.1) is 19.3 Å². The van der Waals surface area contributed by atoms with Crippen molar-refractivity contribution in [3.8, 4) is 0 Å². The summed E-state index contributed by atoms with van der Waals surface area (Å²) in [7, 11) is 1.59. The third kappa shape index (κ3) is 3.20. The van der Waals surface area contributed by atoms with Crippen LogP contribution in [0.1, 0.15) is 23.7 Å². The summed E-state index contributed by atoms with van der Waals surface area (Å²) in [5.74, 6) is -0.598. The van der Waals surface area contributed by atoms with E-state index in [1.165, 1.54) is 4.90 Å².